The Bertz CT molecular complexity index is 281. The summed E-state index contributed by atoms with van der Waals surface area (Å²) in [5.74, 6) is 0.860. The van der Waals surface area contributed by atoms with Crippen LogP contribution >= 0.6 is 0 Å². The molecule has 1 amide bonds. The molecule has 0 aromatic carbocycles. The van der Waals surface area contributed by atoms with E-state index in [2.05, 4.69) is 49.9 Å². The molecule has 1 aliphatic heterocycles. The summed E-state index contributed by atoms with van der Waals surface area (Å²) in [6.07, 6.45) is 3.35. The van der Waals surface area contributed by atoms with Crippen LogP contribution in [0.5, 0.6) is 0 Å². The van der Waals surface area contributed by atoms with Gasteiger partial charge in [0.25, 0.3) is 0 Å². The Morgan fingerprint density at radius 2 is 2.05 bits per heavy atom. The SMILES string of the molecule is CCCC1NC(CC(C)C)C(=O)N1CCN(C)CC. The first kappa shape index (κ1) is 16.4. The molecule has 2 atom stereocenters. The lowest BCUT2D eigenvalue weighted by Gasteiger charge is -2.26. The van der Waals surface area contributed by atoms with Crippen LogP contribution in [0.15, 0.2) is 0 Å². The van der Waals surface area contributed by atoms with Crippen LogP contribution in [-0.4, -0.2) is 54.6 Å². The van der Waals surface area contributed by atoms with E-state index in [9.17, 15) is 4.79 Å². The third-order valence-corrected chi connectivity index (χ3v) is 3.88. The molecular weight excluding hydrogens is 238 g/mol. The van der Waals surface area contributed by atoms with Crippen LogP contribution in [0.4, 0.5) is 0 Å². The van der Waals surface area contributed by atoms with Crippen molar-refractivity contribution in [2.45, 2.75) is 59.2 Å². The zero-order chi connectivity index (χ0) is 14.4. The zero-order valence-corrected chi connectivity index (χ0v) is 13.3. The topological polar surface area (TPSA) is 35.6 Å². The third-order valence-electron chi connectivity index (χ3n) is 3.88. The summed E-state index contributed by atoms with van der Waals surface area (Å²) in [4.78, 5) is 16.8. The third kappa shape index (κ3) is 4.77. The Morgan fingerprint density at radius 1 is 1.37 bits per heavy atom. The second kappa shape index (κ2) is 7.85. The highest BCUT2D eigenvalue weighted by Gasteiger charge is 2.37. The van der Waals surface area contributed by atoms with Gasteiger partial charge in [0.1, 0.15) is 0 Å². The van der Waals surface area contributed by atoms with Gasteiger partial charge in [-0.1, -0.05) is 34.1 Å². The van der Waals surface area contributed by atoms with E-state index in [0.29, 0.717) is 11.8 Å². The Balaban J connectivity index is 2.60. The highest BCUT2D eigenvalue weighted by molar-refractivity contribution is 5.84. The van der Waals surface area contributed by atoms with E-state index < -0.39 is 0 Å². The van der Waals surface area contributed by atoms with Gasteiger partial charge in [-0.2, -0.15) is 0 Å². The normalized spacial score (nSPS) is 23.9. The van der Waals surface area contributed by atoms with Gasteiger partial charge in [-0.25, -0.2) is 0 Å². The van der Waals surface area contributed by atoms with Crippen molar-refractivity contribution in [3.63, 3.8) is 0 Å². The van der Waals surface area contributed by atoms with Crippen LogP contribution in [0, 0.1) is 5.92 Å². The van der Waals surface area contributed by atoms with Crippen LogP contribution in [0.3, 0.4) is 0 Å². The summed E-state index contributed by atoms with van der Waals surface area (Å²) in [6.45, 7) is 11.5. The van der Waals surface area contributed by atoms with Crippen LogP contribution < -0.4 is 5.32 Å². The highest BCUT2D eigenvalue weighted by atomic mass is 16.2. The lowest BCUT2D eigenvalue weighted by atomic mass is 10.0. The Morgan fingerprint density at radius 3 is 2.58 bits per heavy atom. The molecule has 0 saturated carbocycles. The van der Waals surface area contributed by atoms with E-state index in [4.69, 9.17) is 0 Å². The molecule has 1 heterocycles. The minimum absolute atomic E-state index is 0.0310. The maximum Gasteiger partial charge on any atom is 0.241 e. The lowest BCUT2D eigenvalue weighted by molar-refractivity contribution is -0.130. The van der Waals surface area contributed by atoms with Gasteiger partial charge in [0.05, 0.1) is 12.2 Å². The fraction of sp³-hybridized carbons (Fsp3) is 0.933. The average molecular weight is 269 g/mol. The summed E-state index contributed by atoms with van der Waals surface area (Å²) in [7, 11) is 2.11. The number of rotatable bonds is 8. The summed E-state index contributed by atoms with van der Waals surface area (Å²) < 4.78 is 0. The minimum atomic E-state index is 0.0310. The standard InChI is InChI=1S/C15H31N3O/c1-6-8-14-16-13(11-12(3)4)15(19)18(14)10-9-17(5)7-2/h12-14,16H,6-11H2,1-5H3. The Kier molecular flexibility index (Phi) is 6.80. The molecule has 2 unspecified atom stereocenters. The van der Waals surface area contributed by atoms with E-state index in [1.165, 1.54) is 0 Å². The molecule has 0 aliphatic carbocycles. The van der Waals surface area contributed by atoms with Crippen LogP contribution in [0.1, 0.15) is 47.0 Å². The molecule has 1 saturated heterocycles. The van der Waals surface area contributed by atoms with Crippen molar-refractivity contribution in [2.24, 2.45) is 5.92 Å². The Labute approximate surface area is 118 Å². The molecule has 0 aromatic heterocycles. The first-order valence-electron chi connectivity index (χ1n) is 7.74. The monoisotopic (exact) mass is 269 g/mol. The highest BCUT2D eigenvalue weighted by Crippen LogP contribution is 2.19. The summed E-state index contributed by atoms with van der Waals surface area (Å²) in [6, 6.07) is 0.0310. The van der Waals surface area contributed by atoms with Gasteiger partial charge in [-0.15, -0.1) is 0 Å². The van der Waals surface area contributed by atoms with E-state index in [-0.39, 0.29) is 12.2 Å². The van der Waals surface area contributed by atoms with Gasteiger partial charge in [0.15, 0.2) is 0 Å². The summed E-state index contributed by atoms with van der Waals surface area (Å²) >= 11 is 0. The zero-order valence-electron chi connectivity index (χ0n) is 13.3. The maximum atomic E-state index is 12.5. The molecule has 0 spiro atoms. The fourth-order valence-electron chi connectivity index (χ4n) is 2.60. The first-order valence-corrected chi connectivity index (χ1v) is 7.74. The van der Waals surface area contributed by atoms with Gasteiger partial charge in [0.2, 0.25) is 5.91 Å². The van der Waals surface area contributed by atoms with E-state index >= 15 is 0 Å². The molecule has 1 fully saturated rings. The molecule has 1 N–H and O–H groups in total. The van der Waals surface area contributed by atoms with E-state index in [0.717, 1.165) is 38.9 Å². The van der Waals surface area contributed by atoms with E-state index in [1.54, 1.807) is 0 Å². The van der Waals surface area contributed by atoms with Gasteiger partial charge in [-0.05, 0) is 32.4 Å². The van der Waals surface area contributed by atoms with Crippen molar-refractivity contribution < 1.29 is 4.79 Å². The quantitative estimate of drug-likeness (QED) is 0.731. The molecule has 0 bridgehead atoms. The largest absolute Gasteiger partial charge is 0.325 e. The smallest absolute Gasteiger partial charge is 0.241 e. The molecule has 112 valence electrons. The fourth-order valence-corrected chi connectivity index (χ4v) is 2.60. The van der Waals surface area contributed by atoms with Crippen LogP contribution in [0.25, 0.3) is 0 Å². The molecule has 1 rings (SSSR count). The van der Waals surface area contributed by atoms with Crippen molar-refractivity contribution in [2.75, 3.05) is 26.7 Å². The number of hydrogen-bond donors (Lipinski definition) is 1. The Hall–Kier alpha value is -0.610. The number of nitrogens with one attached hydrogen (secondary N) is 1. The van der Waals surface area contributed by atoms with E-state index in [1.807, 2.05) is 0 Å². The second-order valence-corrected chi connectivity index (χ2v) is 6.08. The summed E-state index contributed by atoms with van der Waals surface area (Å²) in [5.41, 5.74) is 0. The average Bonchev–Trinajstić information content (AvgIpc) is 2.63. The van der Waals surface area contributed by atoms with Gasteiger partial charge < -0.3 is 9.80 Å². The predicted octanol–water partition coefficient (Wildman–Crippen LogP) is 1.91. The van der Waals surface area contributed by atoms with Crippen molar-refractivity contribution in [3.05, 3.63) is 0 Å². The van der Waals surface area contributed by atoms with Crippen LogP contribution in [-0.2, 0) is 4.79 Å². The molecule has 19 heavy (non-hydrogen) atoms. The number of nitrogens with zero attached hydrogens (tertiary/aromatic N) is 2. The van der Waals surface area contributed by atoms with Crippen LogP contribution in [0.2, 0.25) is 0 Å². The predicted molar refractivity (Wildman–Crippen MR) is 80.0 cm³/mol. The maximum absolute atomic E-state index is 12.5. The summed E-state index contributed by atoms with van der Waals surface area (Å²) in [5, 5.41) is 3.52. The number of likely N-dealkylation sites (N-methyl/N-ethyl adjacent to an activating group) is 1. The molecule has 0 radical (unpaired) electrons. The van der Waals surface area contributed by atoms with Gasteiger partial charge in [-0.3, -0.25) is 10.1 Å². The van der Waals surface area contributed by atoms with Crippen molar-refractivity contribution in [1.29, 1.82) is 0 Å². The number of hydrogen-bond acceptors (Lipinski definition) is 3. The number of amides is 1. The first-order chi connectivity index (χ1) is 8.99. The lowest BCUT2D eigenvalue weighted by Crippen LogP contribution is -2.41. The molecule has 4 heteroatoms. The van der Waals surface area contributed by atoms with Gasteiger partial charge in [0, 0.05) is 13.1 Å². The van der Waals surface area contributed by atoms with Crippen molar-refractivity contribution >= 4 is 5.91 Å². The minimum Gasteiger partial charge on any atom is -0.325 e. The number of carbonyl (C=O) groups is 1. The second-order valence-electron chi connectivity index (χ2n) is 6.08. The molecule has 0 aromatic rings. The molecular formula is C15H31N3O. The van der Waals surface area contributed by atoms with Crippen molar-refractivity contribution in [3.8, 4) is 0 Å². The van der Waals surface area contributed by atoms with Crippen molar-refractivity contribution in [1.82, 2.24) is 15.1 Å². The number of carbonyl (C=O) groups excluding carboxylic acids is 1. The molecule has 4 nitrogen and oxygen atoms in total. The molecule has 1 aliphatic rings. The van der Waals surface area contributed by atoms with Gasteiger partial charge >= 0.3 is 0 Å².